The quantitative estimate of drug-likeness (QED) is 0.614. The number of methoxy groups -OCH3 is 2. The lowest BCUT2D eigenvalue weighted by atomic mass is 10.2. The summed E-state index contributed by atoms with van der Waals surface area (Å²) >= 11 is 0. The van der Waals surface area contributed by atoms with E-state index in [0.29, 0.717) is 13.0 Å². The maximum Gasteiger partial charge on any atom is 0.0798 e. The first-order chi connectivity index (χ1) is 4.70. The van der Waals surface area contributed by atoms with E-state index in [4.69, 9.17) is 14.6 Å². The van der Waals surface area contributed by atoms with E-state index in [-0.39, 0.29) is 6.10 Å². The number of aliphatic hydroxyl groups is 1. The Morgan fingerprint density at radius 1 is 1.40 bits per heavy atom. The van der Waals surface area contributed by atoms with Crippen LogP contribution in [0.3, 0.4) is 0 Å². The average molecular weight is 148 g/mol. The van der Waals surface area contributed by atoms with E-state index < -0.39 is 6.10 Å². The summed E-state index contributed by atoms with van der Waals surface area (Å²) in [6.45, 7) is 2.30. The van der Waals surface area contributed by atoms with Gasteiger partial charge >= 0.3 is 0 Å². The predicted molar refractivity (Wildman–Crippen MR) is 39.0 cm³/mol. The smallest absolute Gasteiger partial charge is 0.0798 e. The van der Waals surface area contributed by atoms with E-state index in [9.17, 15) is 0 Å². The van der Waals surface area contributed by atoms with Crippen molar-refractivity contribution in [1.82, 2.24) is 0 Å². The standard InChI is InChI=1S/C7H16O3/c1-6(10-3)4-7(8)5-9-2/h6-8H,4-5H2,1-3H3. The third kappa shape index (κ3) is 4.73. The number of aliphatic hydroxyl groups excluding tert-OH is 1. The first kappa shape index (κ1) is 9.88. The maximum atomic E-state index is 9.15. The molecule has 0 bridgehead atoms. The molecule has 0 aliphatic carbocycles. The fraction of sp³-hybridized carbons (Fsp3) is 1.00. The Balaban J connectivity index is 3.27. The van der Waals surface area contributed by atoms with E-state index in [0.717, 1.165) is 0 Å². The third-order valence-electron chi connectivity index (χ3n) is 1.37. The van der Waals surface area contributed by atoms with Crippen molar-refractivity contribution in [1.29, 1.82) is 0 Å². The van der Waals surface area contributed by atoms with Gasteiger partial charge in [-0.25, -0.2) is 0 Å². The summed E-state index contributed by atoms with van der Waals surface area (Å²) in [5.74, 6) is 0. The van der Waals surface area contributed by atoms with Crippen molar-refractivity contribution < 1.29 is 14.6 Å². The zero-order valence-corrected chi connectivity index (χ0v) is 6.83. The molecule has 10 heavy (non-hydrogen) atoms. The van der Waals surface area contributed by atoms with Gasteiger partial charge in [0.25, 0.3) is 0 Å². The minimum absolute atomic E-state index is 0.102. The van der Waals surface area contributed by atoms with E-state index >= 15 is 0 Å². The van der Waals surface area contributed by atoms with Gasteiger partial charge in [-0.15, -0.1) is 0 Å². The lowest BCUT2D eigenvalue weighted by Crippen LogP contribution is -2.20. The number of hydrogen-bond donors (Lipinski definition) is 1. The highest BCUT2D eigenvalue weighted by Gasteiger charge is 2.07. The Morgan fingerprint density at radius 2 is 2.00 bits per heavy atom. The molecule has 2 atom stereocenters. The highest BCUT2D eigenvalue weighted by molar-refractivity contribution is 4.58. The summed E-state index contributed by atoms with van der Waals surface area (Å²) in [5, 5.41) is 9.15. The molecule has 0 amide bonds. The largest absolute Gasteiger partial charge is 0.391 e. The third-order valence-corrected chi connectivity index (χ3v) is 1.37. The van der Waals surface area contributed by atoms with Gasteiger partial charge in [0, 0.05) is 20.6 Å². The molecule has 0 saturated carbocycles. The highest BCUT2D eigenvalue weighted by atomic mass is 16.5. The first-order valence-electron chi connectivity index (χ1n) is 3.40. The normalized spacial score (nSPS) is 16.8. The van der Waals surface area contributed by atoms with Gasteiger partial charge in [-0.3, -0.25) is 0 Å². The van der Waals surface area contributed by atoms with Crippen LogP contribution in [0.2, 0.25) is 0 Å². The van der Waals surface area contributed by atoms with Crippen molar-refractivity contribution >= 4 is 0 Å². The fourth-order valence-corrected chi connectivity index (χ4v) is 0.740. The van der Waals surface area contributed by atoms with Crippen molar-refractivity contribution in [3.63, 3.8) is 0 Å². The summed E-state index contributed by atoms with van der Waals surface area (Å²) < 4.78 is 9.70. The Bertz CT molecular complexity index is 75.3. The van der Waals surface area contributed by atoms with Gasteiger partial charge in [-0.1, -0.05) is 0 Å². The Morgan fingerprint density at radius 3 is 2.40 bits per heavy atom. The lowest BCUT2D eigenvalue weighted by molar-refractivity contribution is 0.0149. The Labute approximate surface area is 62.0 Å². The van der Waals surface area contributed by atoms with Crippen LogP contribution in [-0.4, -0.2) is 38.1 Å². The predicted octanol–water partition coefficient (Wildman–Crippen LogP) is 0.419. The van der Waals surface area contributed by atoms with Crippen molar-refractivity contribution in [2.24, 2.45) is 0 Å². The molecule has 0 saturated heterocycles. The molecule has 62 valence electrons. The van der Waals surface area contributed by atoms with Crippen molar-refractivity contribution in [2.45, 2.75) is 25.6 Å². The van der Waals surface area contributed by atoms with Crippen LogP contribution in [0, 0.1) is 0 Å². The highest BCUT2D eigenvalue weighted by Crippen LogP contribution is 2.00. The molecule has 0 aromatic rings. The van der Waals surface area contributed by atoms with E-state index in [1.54, 1.807) is 14.2 Å². The molecular weight excluding hydrogens is 132 g/mol. The molecule has 0 aromatic carbocycles. The zero-order chi connectivity index (χ0) is 7.98. The molecule has 0 aliphatic heterocycles. The molecule has 3 nitrogen and oxygen atoms in total. The van der Waals surface area contributed by atoms with Crippen molar-refractivity contribution in [3.05, 3.63) is 0 Å². The van der Waals surface area contributed by atoms with Gasteiger partial charge in [0.1, 0.15) is 0 Å². The molecule has 0 heterocycles. The maximum absolute atomic E-state index is 9.15. The van der Waals surface area contributed by atoms with Crippen LogP contribution in [0.1, 0.15) is 13.3 Å². The molecule has 3 heteroatoms. The zero-order valence-electron chi connectivity index (χ0n) is 6.83. The molecule has 0 spiro atoms. The van der Waals surface area contributed by atoms with Crippen LogP contribution < -0.4 is 0 Å². The molecular formula is C7H16O3. The summed E-state index contributed by atoms with van der Waals surface area (Å²) in [6, 6.07) is 0. The molecule has 0 radical (unpaired) electrons. The minimum atomic E-state index is -0.403. The number of hydrogen-bond acceptors (Lipinski definition) is 3. The summed E-state index contributed by atoms with van der Waals surface area (Å²) in [6.07, 6.45) is 0.328. The lowest BCUT2D eigenvalue weighted by Gasteiger charge is -2.13. The van der Waals surface area contributed by atoms with E-state index in [1.165, 1.54) is 0 Å². The van der Waals surface area contributed by atoms with E-state index in [1.807, 2.05) is 6.92 Å². The molecule has 0 aliphatic rings. The Kier molecular flexibility index (Phi) is 5.58. The molecule has 1 N–H and O–H groups in total. The summed E-state index contributed by atoms with van der Waals surface area (Å²) in [7, 11) is 3.20. The Hall–Kier alpha value is -0.120. The molecule has 0 rings (SSSR count). The fourth-order valence-electron chi connectivity index (χ4n) is 0.740. The van der Waals surface area contributed by atoms with E-state index in [2.05, 4.69) is 0 Å². The van der Waals surface area contributed by atoms with Gasteiger partial charge in [0.15, 0.2) is 0 Å². The topological polar surface area (TPSA) is 38.7 Å². The average Bonchev–Trinajstić information content (AvgIpc) is 1.88. The first-order valence-corrected chi connectivity index (χ1v) is 3.40. The van der Waals surface area contributed by atoms with Crippen LogP contribution in [0.25, 0.3) is 0 Å². The number of rotatable bonds is 5. The second kappa shape index (κ2) is 5.65. The summed E-state index contributed by atoms with van der Waals surface area (Å²) in [4.78, 5) is 0. The SMILES string of the molecule is COCC(O)CC(C)OC. The van der Waals surface area contributed by atoms with Crippen LogP contribution in [0.15, 0.2) is 0 Å². The molecule has 2 unspecified atom stereocenters. The monoisotopic (exact) mass is 148 g/mol. The van der Waals surface area contributed by atoms with Crippen LogP contribution in [0.4, 0.5) is 0 Å². The van der Waals surface area contributed by atoms with Gasteiger partial charge in [0.05, 0.1) is 18.8 Å². The second-order valence-corrected chi connectivity index (χ2v) is 2.39. The minimum Gasteiger partial charge on any atom is -0.391 e. The summed E-state index contributed by atoms with van der Waals surface area (Å²) in [5.41, 5.74) is 0. The van der Waals surface area contributed by atoms with Gasteiger partial charge in [-0.05, 0) is 6.92 Å². The van der Waals surface area contributed by atoms with Crippen molar-refractivity contribution in [3.8, 4) is 0 Å². The number of ether oxygens (including phenoxy) is 2. The van der Waals surface area contributed by atoms with Gasteiger partial charge < -0.3 is 14.6 Å². The van der Waals surface area contributed by atoms with Crippen molar-refractivity contribution in [2.75, 3.05) is 20.8 Å². The van der Waals surface area contributed by atoms with Crippen LogP contribution in [-0.2, 0) is 9.47 Å². The van der Waals surface area contributed by atoms with Crippen LogP contribution >= 0.6 is 0 Å². The van der Waals surface area contributed by atoms with Gasteiger partial charge in [-0.2, -0.15) is 0 Å². The second-order valence-electron chi connectivity index (χ2n) is 2.39. The van der Waals surface area contributed by atoms with Gasteiger partial charge in [0.2, 0.25) is 0 Å². The molecule has 0 aromatic heterocycles. The van der Waals surface area contributed by atoms with Crippen LogP contribution in [0.5, 0.6) is 0 Å². The molecule has 0 fully saturated rings.